The summed E-state index contributed by atoms with van der Waals surface area (Å²) in [6.45, 7) is 0. The second kappa shape index (κ2) is 4.31. The number of carbonyl (C=O) groups is 1. The van der Waals surface area contributed by atoms with Gasteiger partial charge in [0.2, 0.25) is 0 Å². The number of pyridine rings is 1. The molecule has 1 aromatic rings. The molecule has 1 aliphatic carbocycles. The van der Waals surface area contributed by atoms with Gasteiger partial charge in [-0.3, -0.25) is 9.78 Å². The Labute approximate surface area is 96.7 Å². The Kier molecular flexibility index (Phi) is 3.05. The third kappa shape index (κ3) is 2.37. The molecular weight excluding hydrogens is 258 g/mol. The molecule has 1 aliphatic rings. The van der Waals surface area contributed by atoms with Gasteiger partial charge in [0.15, 0.2) is 0 Å². The highest BCUT2D eigenvalue weighted by atomic mass is 79.9. The summed E-state index contributed by atoms with van der Waals surface area (Å²) in [5, 5.41) is 8.90. The van der Waals surface area contributed by atoms with Crippen LogP contribution < -0.4 is 0 Å². The van der Waals surface area contributed by atoms with Crippen molar-refractivity contribution in [2.75, 3.05) is 0 Å². The van der Waals surface area contributed by atoms with Crippen LogP contribution in [0.15, 0.2) is 22.8 Å². The first-order valence-corrected chi connectivity index (χ1v) is 5.79. The van der Waals surface area contributed by atoms with Gasteiger partial charge in [-0.2, -0.15) is 0 Å². The molecule has 0 spiro atoms. The number of nitrogens with zero attached hydrogens (tertiary/aromatic N) is 1. The van der Waals surface area contributed by atoms with Crippen LogP contribution in [0, 0.1) is 11.8 Å². The number of rotatable bonds is 3. The zero-order valence-corrected chi connectivity index (χ0v) is 9.77. The highest BCUT2D eigenvalue weighted by Gasteiger charge is 2.36. The van der Waals surface area contributed by atoms with Gasteiger partial charge in [0, 0.05) is 16.4 Å². The van der Waals surface area contributed by atoms with Crippen LogP contribution in [0.3, 0.4) is 0 Å². The number of carboxylic acid groups (broad SMARTS) is 1. The third-order valence-corrected chi connectivity index (χ3v) is 3.46. The first kappa shape index (κ1) is 10.6. The van der Waals surface area contributed by atoms with E-state index < -0.39 is 5.97 Å². The van der Waals surface area contributed by atoms with Crippen molar-refractivity contribution in [1.29, 1.82) is 0 Å². The van der Waals surface area contributed by atoms with Crippen LogP contribution in [-0.2, 0) is 11.2 Å². The first-order valence-electron chi connectivity index (χ1n) is 5.00. The second-order valence-corrected chi connectivity index (χ2v) is 4.87. The quantitative estimate of drug-likeness (QED) is 0.918. The van der Waals surface area contributed by atoms with E-state index in [1.165, 1.54) is 0 Å². The van der Waals surface area contributed by atoms with Gasteiger partial charge in [-0.1, -0.05) is 0 Å². The van der Waals surface area contributed by atoms with Crippen molar-refractivity contribution in [2.24, 2.45) is 11.8 Å². The molecule has 1 aromatic heterocycles. The van der Waals surface area contributed by atoms with Crippen molar-refractivity contribution < 1.29 is 9.90 Å². The van der Waals surface area contributed by atoms with Crippen molar-refractivity contribution in [3.05, 3.63) is 28.5 Å². The molecule has 1 saturated carbocycles. The summed E-state index contributed by atoms with van der Waals surface area (Å²) in [5.74, 6) is -0.546. The van der Waals surface area contributed by atoms with Gasteiger partial charge in [0.05, 0.1) is 5.92 Å². The van der Waals surface area contributed by atoms with Gasteiger partial charge in [0.1, 0.15) is 0 Å². The van der Waals surface area contributed by atoms with Crippen LogP contribution >= 0.6 is 15.9 Å². The lowest BCUT2D eigenvalue weighted by Gasteiger charge is -2.33. The Morgan fingerprint density at radius 1 is 1.53 bits per heavy atom. The average Bonchev–Trinajstić information content (AvgIpc) is 2.14. The minimum Gasteiger partial charge on any atom is -0.481 e. The summed E-state index contributed by atoms with van der Waals surface area (Å²) in [6, 6.07) is 3.89. The lowest BCUT2D eigenvalue weighted by atomic mass is 9.71. The maximum Gasteiger partial charge on any atom is 0.306 e. The van der Waals surface area contributed by atoms with E-state index in [4.69, 9.17) is 5.11 Å². The second-order valence-electron chi connectivity index (χ2n) is 3.95. The fourth-order valence-electron chi connectivity index (χ4n) is 1.93. The largest absolute Gasteiger partial charge is 0.481 e. The Balaban J connectivity index is 1.97. The molecule has 1 fully saturated rings. The van der Waals surface area contributed by atoms with Gasteiger partial charge in [-0.15, -0.1) is 0 Å². The van der Waals surface area contributed by atoms with Crippen LogP contribution in [-0.4, -0.2) is 16.1 Å². The molecule has 0 aromatic carbocycles. The monoisotopic (exact) mass is 269 g/mol. The molecule has 4 heteroatoms. The lowest BCUT2D eigenvalue weighted by Crippen LogP contribution is -2.34. The van der Waals surface area contributed by atoms with Crippen LogP contribution in [0.25, 0.3) is 0 Å². The van der Waals surface area contributed by atoms with E-state index in [0.29, 0.717) is 0 Å². The maximum atomic E-state index is 10.8. The van der Waals surface area contributed by atoms with E-state index in [9.17, 15) is 4.79 Å². The standard InChI is InChI=1S/C11H12BrNO2/c12-8-2-3-9(13-6-8)5-7-1-4-10(7)11(14)15/h2-3,6-7,10H,1,4-5H2,(H,14,15). The fourth-order valence-corrected chi connectivity index (χ4v) is 2.17. The Morgan fingerprint density at radius 3 is 2.80 bits per heavy atom. The summed E-state index contributed by atoms with van der Waals surface area (Å²) in [5.41, 5.74) is 0.981. The van der Waals surface area contributed by atoms with E-state index in [1.54, 1.807) is 6.20 Å². The molecule has 1 heterocycles. The maximum absolute atomic E-state index is 10.8. The molecule has 1 N–H and O–H groups in total. The topological polar surface area (TPSA) is 50.2 Å². The molecule has 0 radical (unpaired) electrons. The number of carboxylic acids is 1. The van der Waals surface area contributed by atoms with Gasteiger partial charge in [-0.05, 0) is 53.2 Å². The van der Waals surface area contributed by atoms with E-state index in [0.717, 1.165) is 29.4 Å². The predicted molar refractivity (Wildman–Crippen MR) is 59.5 cm³/mol. The summed E-state index contributed by atoms with van der Waals surface area (Å²) >= 11 is 3.32. The highest BCUT2D eigenvalue weighted by molar-refractivity contribution is 9.10. The van der Waals surface area contributed by atoms with Crippen molar-refractivity contribution in [3.8, 4) is 0 Å². The van der Waals surface area contributed by atoms with Crippen molar-refractivity contribution in [3.63, 3.8) is 0 Å². The average molecular weight is 270 g/mol. The van der Waals surface area contributed by atoms with Gasteiger partial charge < -0.3 is 5.11 Å². The van der Waals surface area contributed by atoms with Crippen LogP contribution in [0.5, 0.6) is 0 Å². The number of hydrogen-bond acceptors (Lipinski definition) is 2. The van der Waals surface area contributed by atoms with E-state index in [-0.39, 0.29) is 11.8 Å². The summed E-state index contributed by atoms with van der Waals surface area (Å²) < 4.78 is 0.953. The Hall–Kier alpha value is -0.900. The molecule has 2 rings (SSSR count). The zero-order chi connectivity index (χ0) is 10.8. The normalized spacial score (nSPS) is 24.6. The van der Waals surface area contributed by atoms with Crippen molar-refractivity contribution >= 4 is 21.9 Å². The molecule has 0 bridgehead atoms. The fraction of sp³-hybridized carbons (Fsp3) is 0.455. The zero-order valence-electron chi connectivity index (χ0n) is 8.19. The van der Waals surface area contributed by atoms with Crippen LogP contribution in [0.2, 0.25) is 0 Å². The summed E-state index contributed by atoms with van der Waals surface area (Å²) in [4.78, 5) is 15.1. The molecule has 80 valence electrons. The number of aliphatic carboxylic acids is 1. The first-order chi connectivity index (χ1) is 7.16. The highest BCUT2D eigenvalue weighted by Crippen LogP contribution is 2.36. The number of hydrogen-bond donors (Lipinski definition) is 1. The number of halogens is 1. The number of aromatic nitrogens is 1. The lowest BCUT2D eigenvalue weighted by molar-refractivity contribution is -0.147. The van der Waals surface area contributed by atoms with Crippen LogP contribution in [0.4, 0.5) is 0 Å². The molecule has 0 aliphatic heterocycles. The molecule has 3 nitrogen and oxygen atoms in total. The predicted octanol–water partition coefficient (Wildman–Crippen LogP) is 2.50. The smallest absolute Gasteiger partial charge is 0.306 e. The molecule has 0 saturated heterocycles. The minimum atomic E-state index is -0.664. The van der Waals surface area contributed by atoms with Crippen LogP contribution in [0.1, 0.15) is 18.5 Å². The molecule has 2 atom stereocenters. The molecular formula is C11H12BrNO2. The van der Waals surface area contributed by atoms with Gasteiger partial charge in [-0.25, -0.2) is 0 Å². The molecule has 2 unspecified atom stereocenters. The Bertz CT molecular complexity index is 363. The van der Waals surface area contributed by atoms with E-state index >= 15 is 0 Å². The van der Waals surface area contributed by atoms with Crippen molar-refractivity contribution in [1.82, 2.24) is 4.98 Å². The summed E-state index contributed by atoms with van der Waals surface area (Å²) in [7, 11) is 0. The van der Waals surface area contributed by atoms with E-state index in [1.807, 2.05) is 12.1 Å². The van der Waals surface area contributed by atoms with Gasteiger partial charge >= 0.3 is 5.97 Å². The Morgan fingerprint density at radius 2 is 2.33 bits per heavy atom. The molecule has 15 heavy (non-hydrogen) atoms. The minimum absolute atomic E-state index is 0.157. The van der Waals surface area contributed by atoms with E-state index in [2.05, 4.69) is 20.9 Å². The summed E-state index contributed by atoms with van der Waals surface area (Å²) in [6.07, 6.45) is 4.36. The SMILES string of the molecule is O=C(O)C1CCC1Cc1ccc(Br)cn1. The van der Waals surface area contributed by atoms with Crippen molar-refractivity contribution in [2.45, 2.75) is 19.3 Å². The molecule has 0 amide bonds. The van der Waals surface area contributed by atoms with Gasteiger partial charge in [0.25, 0.3) is 0 Å². The third-order valence-electron chi connectivity index (χ3n) is 2.99.